The Morgan fingerprint density at radius 3 is 3.00 bits per heavy atom. The minimum Gasteiger partial charge on any atom is -0.354 e. The molecule has 0 bridgehead atoms. The molecule has 2 aromatic rings. The molecule has 114 valence electrons. The summed E-state index contributed by atoms with van der Waals surface area (Å²) in [5, 5.41) is 5.85. The highest BCUT2D eigenvalue weighted by Gasteiger charge is 2.24. The van der Waals surface area contributed by atoms with Gasteiger partial charge in [0.05, 0.1) is 11.9 Å². The average molecular weight is 297 g/mol. The molecule has 0 aliphatic carbocycles. The summed E-state index contributed by atoms with van der Waals surface area (Å²) >= 11 is 0. The van der Waals surface area contributed by atoms with Crippen LogP contribution in [0.5, 0.6) is 0 Å². The van der Waals surface area contributed by atoms with Crippen molar-refractivity contribution in [2.24, 2.45) is 0 Å². The van der Waals surface area contributed by atoms with E-state index >= 15 is 0 Å². The first kappa shape index (κ1) is 14.3. The van der Waals surface area contributed by atoms with Crippen LogP contribution < -0.4 is 15.5 Å². The predicted molar refractivity (Wildman–Crippen MR) is 86.0 cm³/mol. The fraction of sp³-hybridized carbons (Fsp3) is 0.312. The number of urea groups is 1. The van der Waals surface area contributed by atoms with E-state index in [4.69, 9.17) is 0 Å². The zero-order chi connectivity index (χ0) is 15.4. The van der Waals surface area contributed by atoms with E-state index in [9.17, 15) is 4.79 Å². The number of amides is 2. The van der Waals surface area contributed by atoms with Gasteiger partial charge < -0.3 is 15.5 Å². The van der Waals surface area contributed by atoms with Crippen LogP contribution in [-0.4, -0.2) is 35.1 Å². The summed E-state index contributed by atoms with van der Waals surface area (Å²) in [7, 11) is 0. The number of carbonyl (C=O) groups excluding carboxylic acids is 1. The predicted octanol–water partition coefficient (Wildman–Crippen LogP) is 2.19. The molecular weight excluding hydrogens is 278 g/mol. The number of hydrogen-bond donors (Lipinski definition) is 2. The summed E-state index contributed by atoms with van der Waals surface area (Å²) in [6.07, 6.45) is 6.06. The van der Waals surface area contributed by atoms with Crippen LogP contribution >= 0.6 is 0 Å². The Bertz CT molecular complexity index is 646. The first-order valence-electron chi connectivity index (χ1n) is 7.36. The number of nitrogens with zero attached hydrogens (tertiary/aromatic N) is 3. The summed E-state index contributed by atoms with van der Waals surface area (Å²) in [6, 6.07) is 7.66. The van der Waals surface area contributed by atoms with E-state index in [1.165, 1.54) is 0 Å². The van der Waals surface area contributed by atoms with Gasteiger partial charge in [0.15, 0.2) is 0 Å². The van der Waals surface area contributed by atoms with Crippen molar-refractivity contribution in [1.29, 1.82) is 0 Å². The van der Waals surface area contributed by atoms with Gasteiger partial charge in [-0.1, -0.05) is 6.07 Å². The van der Waals surface area contributed by atoms with Crippen LogP contribution in [0, 0.1) is 6.92 Å². The van der Waals surface area contributed by atoms with Gasteiger partial charge in [0, 0.05) is 31.5 Å². The molecule has 0 spiro atoms. The third-order valence-corrected chi connectivity index (χ3v) is 3.78. The molecule has 3 heterocycles. The van der Waals surface area contributed by atoms with E-state index in [0.717, 1.165) is 36.6 Å². The first-order chi connectivity index (χ1) is 10.7. The third kappa shape index (κ3) is 3.33. The highest BCUT2D eigenvalue weighted by Crippen LogP contribution is 2.17. The Hall–Kier alpha value is -2.63. The smallest absolute Gasteiger partial charge is 0.319 e. The van der Waals surface area contributed by atoms with Crippen molar-refractivity contribution in [2.45, 2.75) is 19.4 Å². The molecule has 6 nitrogen and oxygen atoms in total. The zero-order valence-electron chi connectivity index (χ0n) is 12.5. The van der Waals surface area contributed by atoms with Crippen LogP contribution in [0.3, 0.4) is 0 Å². The summed E-state index contributed by atoms with van der Waals surface area (Å²) < 4.78 is 0. The van der Waals surface area contributed by atoms with Crippen LogP contribution in [0.25, 0.3) is 0 Å². The molecule has 0 unspecified atom stereocenters. The molecule has 22 heavy (non-hydrogen) atoms. The lowest BCUT2D eigenvalue weighted by Crippen LogP contribution is -2.39. The van der Waals surface area contributed by atoms with Gasteiger partial charge in [-0.2, -0.15) is 0 Å². The van der Waals surface area contributed by atoms with Crippen LogP contribution in [-0.2, 0) is 0 Å². The van der Waals surface area contributed by atoms with Crippen LogP contribution in [0.1, 0.15) is 12.0 Å². The van der Waals surface area contributed by atoms with Crippen molar-refractivity contribution in [3.05, 3.63) is 48.4 Å². The van der Waals surface area contributed by atoms with E-state index < -0.39 is 0 Å². The van der Waals surface area contributed by atoms with Crippen LogP contribution in [0.4, 0.5) is 16.3 Å². The first-order valence-corrected chi connectivity index (χ1v) is 7.36. The molecule has 3 rings (SSSR count). The second-order valence-electron chi connectivity index (χ2n) is 5.41. The molecule has 2 N–H and O–H groups in total. The second kappa shape index (κ2) is 6.43. The molecule has 0 radical (unpaired) electrons. The average Bonchev–Trinajstić information content (AvgIpc) is 2.99. The van der Waals surface area contributed by atoms with Crippen LogP contribution in [0.15, 0.2) is 42.9 Å². The van der Waals surface area contributed by atoms with Gasteiger partial charge in [-0.05, 0) is 37.1 Å². The number of hydrogen-bond acceptors (Lipinski definition) is 4. The van der Waals surface area contributed by atoms with Crippen molar-refractivity contribution in [3.63, 3.8) is 0 Å². The minimum absolute atomic E-state index is 0.124. The fourth-order valence-corrected chi connectivity index (χ4v) is 2.57. The highest BCUT2D eigenvalue weighted by atomic mass is 16.2. The van der Waals surface area contributed by atoms with Gasteiger partial charge in [0.2, 0.25) is 0 Å². The number of anilines is 2. The number of rotatable bonds is 3. The second-order valence-corrected chi connectivity index (χ2v) is 5.41. The summed E-state index contributed by atoms with van der Waals surface area (Å²) in [6.45, 7) is 3.61. The van der Waals surface area contributed by atoms with E-state index in [-0.39, 0.29) is 12.1 Å². The number of aryl methyl sites for hydroxylation is 1. The molecule has 1 aliphatic rings. The SMILES string of the molecule is Cc1ccncc1NC(=O)N[C@H]1CCN(c2ccccn2)C1. The topological polar surface area (TPSA) is 70.2 Å². The maximum Gasteiger partial charge on any atom is 0.319 e. The van der Waals surface area contributed by atoms with Gasteiger partial charge in [-0.15, -0.1) is 0 Å². The summed E-state index contributed by atoms with van der Waals surface area (Å²) in [4.78, 5) is 22.6. The Kier molecular flexibility index (Phi) is 4.18. The lowest BCUT2D eigenvalue weighted by atomic mass is 10.2. The van der Waals surface area contributed by atoms with E-state index in [1.54, 1.807) is 18.6 Å². The molecule has 1 fully saturated rings. The molecule has 1 aliphatic heterocycles. The molecule has 2 amide bonds. The van der Waals surface area contributed by atoms with E-state index in [2.05, 4.69) is 25.5 Å². The van der Waals surface area contributed by atoms with E-state index in [0.29, 0.717) is 0 Å². The molecule has 2 aromatic heterocycles. The lowest BCUT2D eigenvalue weighted by Gasteiger charge is -2.18. The Morgan fingerprint density at radius 2 is 2.23 bits per heavy atom. The maximum absolute atomic E-state index is 12.1. The van der Waals surface area contributed by atoms with Crippen molar-refractivity contribution in [1.82, 2.24) is 15.3 Å². The van der Waals surface area contributed by atoms with Crippen molar-refractivity contribution < 1.29 is 4.79 Å². The summed E-state index contributed by atoms with van der Waals surface area (Å²) in [5.74, 6) is 0.954. The number of nitrogens with one attached hydrogen (secondary N) is 2. The summed E-state index contributed by atoms with van der Waals surface area (Å²) in [5.41, 5.74) is 1.73. The molecular formula is C16H19N5O. The van der Waals surface area contributed by atoms with Gasteiger partial charge >= 0.3 is 6.03 Å². The molecule has 6 heteroatoms. The Labute approximate surface area is 129 Å². The quantitative estimate of drug-likeness (QED) is 0.911. The largest absolute Gasteiger partial charge is 0.354 e. The number of carbonyl (C=O) groups is 1. The van der Waals surface area contributed by atoms with Crippen molar-refractivity contribution in [2.75, 3.05) is 23.3 Å². The zero-order valence-corrected chi connectivity index (χ0v) is 12.5. The van der Waals surface area contributed by atoms with Gasteiger partial charge in [0.25, 0.3) is 0 Å². The van der Waals surface area contributed by atoms with Gasteiger partial charge in [0.1, 0.15) is 5.82 Å². The Morgan fingerprint density at radius 1 is 1.32 bits per heavy atom. The normalized spacial score (nSPS) is 17.3. The van der Waals surface area contributed by atoms with E-state index in [1.807, 2.05) is 31.2 Å². The van der Waals surface area contributed by atoms with Gasteiger partial charge in [-0.25, -0.2) is 9.78 Å². The third-order valence-electron chi connectivity index (χ3n) is 3.78. The monoisotopic (exact) mass is 297 g/mol. The maximum atomic E-state index is 12.1. The van der Waals surface area contributed by atoms with Crippen molar-refractivity contribution in [3.8, 4) is 0 Å². The Balaban J connectivity index is 1.54. The van der Waals surface area contributed by atoms with Crippen molar-refractivity contribution >= 4 is 17.5 Å². The lowest BCUT2D eigenvalue weighted by molar-refractivity contribution is 0.249. The molecule has 1 atom stereocenters. The molecule has 0 aromatic carbocycles. The minimum atomic E-state index is -0.191. The molecule has 0 saturated carbocycles. The van der Waals surface area contributed by atoms with Crippen LogP contribution in [0.2, 0.25) is 0 Å². The standard InChI is InChI=1S/C16H19N5O/c1-12-5-8-17-10-14(12)20-16(22)19-13-6-9-21(11-13)15-4-2-3-7-18-15/h2-5,7-8,10,13H,6,9,11H2,1H3,(H2,19,20,22)/t13-/m0/s1. The van der Waals surface area contributed by atoms with Gasteiger partial charge in [-0.3, -0.25) is 4.98 Å². The fourth-order valence-electron chi connectivity index (χ4n) is 2.57. The number of pyridine rings is 2. The number of aromatic nitrogens is 2. The molecule has 1 saturated heterocycles. The highest BCUT2D eigenvalue weighted by molar-refractivity contribution is 5.90.